The van der Waals surface area contributed by atoms with Crippen molar-refractivity contribution < 1.29 is 0 Å². The smallest absolute Gasteiger partial charge is 0.0486 e. The largest absolute Gasteiger partial charge is 0.0876 e. The monoisotopic (exact) mass is 296 g/mol. The fourth-order valence-electron chi connectivity index (χ4n) is 0.839. The van der Waals surface area contributed by atoms with Crippen molar-refractivity contribution in [2.75, 3.05) is 0 Å². The Morgan fingerprint density at radius 3 is 1.91 bits per heavy atom. The maximum atomic E-state index is 6.05. The first-order valence-corrected chi connectivity index (χ1v) is 5.80. The summed E-state index contributed by atoms with van der Waals surface area (Å²) in [6.45, 7) is 0. The third kappa shape index (κ3) is 2.20. The van der Waals surface area contributed by atoms with Gasteiger partial charge in [0, 0.05) is 15.7 Å². The second kappa shape index (κ2) is 4.48. The first-order valence-electron chi connectivity index (χ1n) is 3.17. The standard InChI is InChI=1S/C8H7Br2Cl/c9-4-6-2-1-3-7(5-10)8(6)11/h1-3H,4-5H2. The highest BCUT2D eigenvalue weighted by atomic mass is 79.9. The van der Waals surface area contributed by atoms with Crippen LogP contribution in [-0.2, 0) is 10.7 Å². The van der Waals surface area contributed by atoms with Gasteiger partial charge in [-0.1, -0.05) is 61.7 Å². The molecule has 0 N–H and O–H groups in total. The Bertz CT molecular complexity index is 226. The number of rotatable bonds is 2. The summed E-state index contributed by atoms with van der Waals surface area (Å²) < 4.78 is 0. The first-order chi connectivity index (χ1) is 5.29. The first kappa shape index (κ1) is 9.56. The van der Waals surface area contributed by atoms with Crippen molar-refractivity contribution in [2.24, 2.45) is 0 Å². The lowest BCUT2D eigenvalue weighted by Gasteiger charge is -2.03. The van der Waals surface area contributed by atoms with Gasteiger partial charge in [0.05, 0.1) is 0 Å². The highest BCUT2D eigenvalue weighted by Gasteiger charge is 2.02. The van der Waals surface area contributed by atoms with E-state index >= 15 is 0 Å². The Labute approximate surface area is 88.2 Å². The number of hydrogen-bond acceptors (Lipinski definition) is 0. The summed E-state index contributed by atoms with van der Waals surface area (Å²) in [4.78, 5) is 0. The fourth-order valence-corrected chi connectivity index (χ4v) is 2.36. The molecule has 0 aliphatic heterocycles. The van der Waals surface area contributed by atoms with Gasteiger partial charge in [-0.15, -0.1) is 0 Å². The summed E-state index contributed by atoms with van der Waals surface area (Å²) in [5, 5.41) is 2.49. The molecule has 0 heterocycles. The minimum atomic E-state index is 0.812. The van der Waals surface area contributed by atoms with Gasteiger partial charge in [0.15, 0.2) is 0 Å². The Hall–Kier alpha value is 0.470. The zero-order chi connectivity index (χ0) is 8.27. The van der Waals surface area contributed by atoms with Crippen molar-refractivity contribution in [3.05, 3.63) is 34.3 Å². The van der Waals surface area contributed by atoms with Gasteiger partial charge < -0.3 is 0 Å². The normalized spacial score (nSPS) is 10.1. The average molecular weight is 298 g/mol. The summed E-state index contributed by atoms with van der Waals surface area (Å²) in [7, 11) is 0. The molecule has 11 heavy (non-hydrogen) atoms. The van der Waals surface area contributed by atoms with Gasteiger partial charge in [0.1, 0.15) is 0 Å². The number of hydrogen-bond donors (Lipinski definition) is 0. The SMILES string of the molecule is Clc1c(CBr)cccc1CBr. The molecule has 0 unspecified atom stereocenters. The minimum Gasteiger partial charge on any atom is -0.0876 e. The predicted molar refractivity (Wildman–Crippen MR) is 56.7 cm³/mol. The second-order valence-electron chi connectivity index (χ2n) is 2.16. The molecular formula is C8H7Br2Cl. The quantitative estimate of drug-likeness (QED) is 0.720. The molecule has 0 aliphatic carbocycles. The number of alkyl halides is 2. The fraction of sp³-hybridized carbons (Fsp3) is 0.250. The third-order valence-electron chi connectivity index (χ3n) is 1.45. The van der Waals surface area contributed by atoms with E-state index in [4.69, 9.17) is 11.6 Å². The molecule has 0 fully saturated rings. The van der Waals surface area contributed by atoms with Crippen LogP contribution in [0.25, 0.3) is 0 Å². The summed E-state index contributed by atoms with van der Waals surface area (Å²) in [6.07, 6.45) is 0. The Morgan fingerprint density at radius 1 is 1.09 bits per heavy atom. The average Bonchev–Trinajstić information content (AvgIpc) is 2.05. The lowest BCUT2D eigenvalue weighted by molar-refractivity contribution is 1.35. The topological polar surface area (TPSA) is 0 Å². The predicted octanol–water partition coefficient (Wildman–Crippen LogP) is 4.13. The van der Waals surface area contributed by atoms with Crippen LogP contribution in [0.3, 0.4) is 0 Å². The van der Waals surface area contributed by atoms with Crippen LogP contribution in [0, 0.1) is 0 Å². The van der Waals surface area contributed by atoms with E-state index in [1.54, 1.807) is 0 Å². The Balaban J connectivity index is 3.10. The van der Waals surface area contributed by atoms with Gasteiger partial charge in [-0.3, -0.25) is 0 Å². The maximum absolute atomic E-state index is 6.05. The molecule has 1 aromatic rings. The molecule has 1 aromatic carbocycles. The van der Waals surface area contributed by atoms with Crippen molar-refractivity contribution in [2.45, 2.75) is 10.7 Å². The summed E-state index contributed by atoms with van der Waals surface area (Å²) in [6, 6.07) is 6.05. The van der Waals surface area contributed by atoms with E-state index in [9.17, 15) is 0 Å². The molecule has 0 spiro atoms. The number of benzene rings is 1. The highest BCUT2D eigenvalue weighted by molar-refractivity contribution is 9.08. The van der Waals surface area contributed by atoms with Gasteiger partial charge in [-0.25, -0.2) is 0 Å². The van der Waals surface area contributed by atoms with Crippen LogP contribution in [0.5, 0.6) is 0 Å². The van der Waals surface area contributed by atoms with Gasteiger partial charge in [-0.2, -0.15) is 0 Å². The van der Waals surface area contributed by atoms with E-state index in [-0.39, 0.29) is 0 Å². The lowest BCUT2D eigenvalue weighted by Crippen LogP contribution is -1.85. The van der Waals surface area contributed by atoms with Crippen molar-refractivity contribution in [1.29, 1.82) is 0 Å². The molecule has 0 aromatic heterocycles. The van der Waals surface area contributed by atoms with Crippen LogP contribution >= 0.6 is 43.5 Å². The van der Waals surface area contributed by atoms with Crippen molar-refractivity contribution >= 4 is 43.5 Å². The van der Waals surface area contributed by atoms with E-state index in [0.29, 0.717) is 0 Å². The molecular weight excluding hydrogens is 291 g/mol. The molecule has 0 saturated carbocycles. The summed E-state index contributed by atoms with van der Waals surface area (Å²) >= 11 is 12.8. The summed E-state index contributed by atoms with van der Waals surface area (Å²) in [5.41, 5.74) is 2.28. The second-order valence-corrected chi connectivity index (χ2v) is 3.66. The van der Waals surface area contributed by atoms with Crippen LogP contribution < -0.4 is 0 Å². The van der Waals surface area contributed by atoms with Crippen LogP contribution in [0.1, 0.15) is 11.1 Å². The van der Waals surface area contributed by atoms with Crippen LogP contribution in [0.15, 0.2) is 18.2 Å². The number of halogens is 3. The molecule has 0 aliphatic rings. The van der Waals surface area contributed by atoms with Gasteiger partial charge in [0.25, 0.3) is 0 Å². The third-order valence-corrected chi connectivity index (χ3v) is 3.14. The summed E-state index contributed by atoms with van der Waals surface area (Å²) in [5.74, 6) is 0. The molecule has 0 atom stereocenters. The van der Waals surface area contributed by atoms with Crippen LogP contribution in [0.2, 0.25) is 5.02 Å². The Kier molecular flexibility index (Phi) is 3.90. The van der Waals surface area contributed by atoms with E-state index in [1.165, 1.54) is 0 Å². The molecule has 0 saturated heterocycles. The zero-order valence-corrected chi connectivity index (χ0v) is 9.71. The van der Waals surface area contributed by atoms with E-state index < -0.39 is 0 Å². The minimum absolute atomic E-state index is 0.812. The molecule has 1 rings (SSSR count). The molecule has 3 heteroatoms. The van der Waals surface area contributed by atoms with Crippen LogP contribution in [0.4, 0.5) is 0 Å². The zero-order valence-electron chi connectivity index (χ0n) is 5.78. The molecule has 0 bridgehead atoms. The van der Waals surface area contributed by atoms with Crippen molar-refractivity contribution in [1.82, 2.24) is 0 Å². The maximum Gasteiger partial charge on any atom is 0.0486 e. The van der Waals surface area contributed by atoms with E-state index in [0.717, 1.165) is 26.8 Å². The molecule has 0 radical (unpaired) electrons. The van der Waals surface area contributed by atoms with E-state index in [1.807, 2.05) is 18.2 Å². The molecule has 60 valence electrons. The van der Waals surface area contributed by atoms with Crippen molar-refractivity contribution in [3.63, 3.8) is 0 Å². The van der Waals surface area contributed by atoms with Gasteiger partial charge in [-0.05, 0) is 11.1 Å². The Morgan fingerprint density at radius 2 is 1.55 bits per heavy atom. The van der Waals surface area contributed by atoms with Gasteiger partial charge >= 0.3 is 0 Å². The van der Waals surface area contributed by atoms with Crippen molar-refractivity contribution in [3.8, 4) is 0 Å². The van der Waals surface area contributed by atoms with Crippen LogP contribution in [-0.4, -0.2) is 0 Å². The van der Waals surface area contributed by atoms with E-state index in [2.05, 4.69) is 31.9 Å². The molecule has 0 amide bonds. The molecule has 0 nitrogen and oxygen atoms in total. The van der Waals surface area contributed by atoms with Gasteiger partial charge in [0.2, 0.25) is 0 Å². The highest BCUT2D eigenvalue weighted by Crippen LogP contribution is 2.24. The lowest BCUT2D eigenvalue weighted by atomic mass is 10.2.